The predicted octanol–water partition coefficient (Wildman–Crippen LogP) is 2.46. The van der Waals surface area contributed by atoms with Gasteiger partial charge < -0.3 is 5.32 Å². The molecule has 32 heavy (non-hydrogen) atoms. The molecule has 9 nitrogen and oxygen atoms in total. The van der Waals surface area contributed by atoms with Crippen LogP contribution in [0.4, 0.5) is 10.1 Å². The lowest BCUT2D eigenvalue weighted by molar-refractivity contribution is -0.120. The zero-order valence-corrected chi connectivity index (χ0v) is 18.5. The molecule has 0 bridgehead atoms. The maximum absolute atomic E-state index is 14.2. The van der Waals surface area contributed by atoms with Crippen molar-refractivity contribution in [3.05, 3.63) is 59.7 Å². The summed E-state index contributed by atoms with van der Waals surface area (Å²) < 4.78 is 42.6. The van der Waals surface area contributed by atoms with Gasteiger partial charge in [0.1, 0.15) is 11.5 Å². The SMILES string of the molecule is Cc1ccc(S(=O)(=O)N2CCC(C(=O)Nc3ccc(F)c(-n4nnnc4C)c3)CC2)cc1. The molecule has 1 aromatic heterocycles. The summed E-state index contributed by atoms with van der Waals surface area (Å²) in [5.41, 5.74) is 1.53. The van der Waals surface area contributed by atoms with Crippen LogP contribution in [0.2, 0.25) is 0 Å². The molecule has 0 atom stereocenters. The molecular weight excluding hydrogens is 435 g/mol. The second kappa shape index (κ2) is 8.75. The number of tetrazole rings is 1. The molecule has 0 unspecified atom stereocenters. The molecule has 1 amide bonds. The Morgan fingerprint density at radius 1 is 1.09 bits per heavy atom. The minimum Gasteiger partial charge on any atom is -0.326 e. The van der Waals surface area contributed by atoms with Gasteiger partial charge in [0.15, 0.2) is 5.82 Å². The lowest BCUT2D eigenvalue weighted by atomic mass is 9.97. The van der Waals surface area contributed by atoms with Gasteiger partial charge in [0.25, 0.3) is 0 Å². The monoisotopic (exact) mass is 458 g/mol. The van der Waals surface area contributed by atoms with E-state index in [-0.39, 0.29) is 35.5 Å². The minimum atomic E-state index is -3.59. The largest absolute Gasteiger partial charge is 0.326 e. The normalized spacial score (nSPS) is 15.6. The first-order chi connectivity index (χ1) is 15.3. The van der Waals surface area contributed by atoms with Crippen molar-refractivity contribution < 1.29 is 17.6 Å². The molecule has 11 heteroatoms. The third-order valence-electron chi connectivity index (χ3n) is 5.55. The number of nitrogens with zero attached hydrogens (tertiary/aromatic N) is 5. The first kappa shape index (κ1) is 22.0. The zero-order valence-electron chi connectivity index (χ0n) is 17.7. The number of amides is 1. The third-order valence-corrected chi connectivity index (χ3v) is 7.46. The lowest BCUT2D eigenvalue weighted by Gasteiger charge is -2.30. The van der Waals surface area contributed by atoms with Crippen molar-refractivity contribution in [2.24, 2.45) is 5.92 Å². The summed E-state index contributed by atoms with van der Waals surface area (Å²) in [7, 11) is -3.59. The predicted molar refractivity (Wildman–Crippen MR) is 115 cm³/mol. The highest BCUT2D eigenvalue weighted by Crippen LogP contribution is 2.26. The molecule has 168 valence electrons. The summed E-state index contributed by atoms with van der Waals surface area (Å²) in [4.78, 5) is 13.0. The molecule has 1 fully saturated rings. The number of benzene rings is 2. The quantitative estimate of drug-likeness (QED) is 0.629. The molecule has 1 N–H and O–H groups in total. The Balaban J connectivity index is 1.41. The Bertz CT molecular complexity index is 1230. The Hall–Kier alpha value is -3.18. The number of carbonyl (C=O) groups excluding carboxylic acids is 1. The van der Waals surface area contributed by atoms with Crippen LogP contribution in [-0.4, -0.2) is 51.9 Å². The molecule has 1 aliphatic rings. The number of anilines is 1. The van der Waals surface area contributed by atoms with Gasteiger partial charge in [-0.1, -0.05) is 17.7 Å². The maximum atomic E-state index is 14.2. The van der Waals surface area contributed by atoms with Gasteiger partial charge in [0.2, 0.25) is 15.9 Å². The second-order valence-electron chi connectivity index (χ2n) is 7.78. The minimum absolute atomic E-state index is 0.129. The van der Waals surface area contributed by atoms with Crippen molar-refractivity contribution >= 4 is 21.6 Å². The van der Waals surface area contributed by atoms with Crippen molar-refractivity contribution in [3.8, 4) is 5.69 Å². The Labute approximate surface area is 185 Å². The number of aryl methyl sites for hydroxylation is 2. The number of aromatic nitrogens is 4. The Kier molecular flexibility index (Phi) is 6.02. The van der Waals surface area contributed by atoms with Crippen LogP contribution in [-0.2, 0) is 14.8 Å². The van der Waals surface area contributed by atoms with E-state index in [9.17, 15) is 17.6 Å². The van der Waals surface area contributed by atoms with Crippen molar-refractivity contribution in [1.29, 1.82) is 0 Å². The van der Waals surface area contributed by atoms with E-state index in [1.807, 2.05) is 6.92 Å². The van der Waals surface area contributed by atoms with Crippen LogP contribution in [0.1, 0.15) is 24.2 Å². The molecule has 0 spiro atoms. The van der Waals surface area contributed by atoms with Crippen molar-refractivity contribution in [1.82, 2.24) is 24.5 Å². The number of hydrogen-bond donors (Lipinski definition) is 1. The number of carbonyl (C=O) groups is 1. The highest BCUT2D eigenvalue weighted by Gasteiger charge is 2.32. The van der Waals surface area contributed by atoms with Crippen molar-refractivity contribution in [2.75, 3.05) is 18.4 Å². The van der Waals surface area contributed by atoms with Gasteiger partial charge in [0, 0.05) is 24.7 Å². The number of piperidine rings is 1. The van der Waals surface area contributed by atoms with Crippen LogP contribution >= 0.6 is 0 Å². The zero-order chi connectivity index (χ0) is 22.9. The molecule has 0 aliphatic carbocycles. The fraction of sp³-hybridized carbons (Fsp3) is 0.333. The van der Waals surface area contributed by atoms with E-state index in [1.54, 1.807) is 31.2 Å². The van der Waals surface area contributed by atoms with E-state index in [2.05, 4.69) is 20.8 Å². The summed E-state index contributed by atoms with van der Waals surface area (Å²) in [6, 6.07) is 10.9. The first-order valence-electron chi connectivity index (χ1n) is 10.2. The highest BCUT2D eigenvalue weighted by atomic mass is 32.2. The highest BCUT2D eigenvalue weighted by molar-refractivity contribution is 7.89. The van der Waals surface area contributed by atoms with Crippen LogP contribution < -0.4 is 5.32 Å². The Morgan fingerprint density at radius 3 is 2.41 bits per heavy atom. The summed E-state index contributed by atoms with van der Waals surface area (Å²) >= 11 is 0. The van der Waals surface area contributed by atoms with Crippen LogP contribution in [0.5, 0.6) is 0 Å². The molecule has 4 rings (SSSR count). The summed E-state index contributed by atoms with van der Waals surface area (Å²) in [5.74, 6) is -0.686. The Morgan fingerprint density at radius 2 is 1.78 bits per heavy atom. The second-order valence-corrected chi connectivity index (χ2v) is 9.72. The third kappa shape index (κ3) is 4.39. The summed E-state index contributed by atoms with van der Waals surface area (Å²) in [6.45, 7) is 4.05. The topological polar surface area (TPSA) is 110 Å². The van der Waals surface area contributed by atoms with Gasteiger partial charge in [-0.2, -0.15) is 8.99 Å². The fourth-order valence-electron chi connectivity index (χ4n) is 3.67. The molecule has 2 heterocycles. The standard InChI is InChI=1S/C21H23FN6O3S/c1-14-3-6-18(7-4-14)32(30,31)27-11-9-16(10-12-27)21(29)23-17-5-8-19(22)20(13-17)28-15(2)24-25-26-28/h3-8,13,16H,9-12H2,1-2H3,(H,23,29). The van der Waals surface area contributed by atoms with Gasteiger partial charge in [-0.3, -0.25) is 4.79 Å². The van der Waals surface area contributed by atoms with E-state index in [1.165, 1.54) is 27.2 Å². The van der Waals surface area contributed by atoms with Crippen molar-refractivity contribution in [3.63, 3.8) is 0 Å². The number of sulfonamides is 1. The lowest BCUT2D eigenvalue weighted by Crippen LogP contribution is -2.41. The van der Waals surface area contributed by atoms with Crippen molar-refractivity contribution in [2.45, 2.75) is 31.6 Å². The molecular formula is C21H23FN6O3S. The van der Waals surface area contributed by atoms with Gasteiger partial charge in [0.05, 0.1) is 4.90 Å². The summed E-state index contributed by atoms with van der Waals surface area (Å²) in [6.07, 6.45) is 0.800. The van der Waals surface area contributed by atoms with Crippen LogP contribution in [0, 0.1) is 25.6 Å². The molecule has 0 radical (unpaired) electrons. The van der Waals surface area contributed by atoms with E-state index >= 15 is 0 Å². The van der Waals surface area contributed by atoms with Crippen LogP contribution in [0.15, 0.2) is 47.4 Å². The molecule has 3 aromatic rings. The molecule has 2 aromatic carbocycles. The molecule has 0 saturated carbocycles. The molecule has 1 saturated heterocycles. The summed E-state index contributed by atoms with van der Waals surface area (Å²) in [5, 5.41) is 13.8. The maximum Gasteiger partial charge on any atom is 0.243 e. The van der Waals surface area contributed by atoms with E-state index < -0.39 is 15.8 Å². The van der Waals surface area contributed by atoms with Gasteiger partial charge in [-0.15, -0.1) is 5.10 Å². The average Bonchev–Trinajstić information content (AvgIpc) is 3.21. The number of hydrogen-bond acceptors (Lipinski definition) is 6. The van der Waals surface area contributed by atoms with Gasteiger partial charge in [-0.05, 0) is 67.4 Å². The number of rotatable bonds is 5. The average molecular weight is 459 g/mol. The smallest absolute Gasteiger partial charge is 0.243 e. The van der Waals surface area contributed by atoms with Crippen LogP contribution in [0.25, 0.3) is 5.69 Å². The van der Waals surface area contributed by atoms with Gasteiger partial charge in [-0.25, -0.2) is 12.8 Å². The fourth-order valence-corrected chi connectivity index (χ4v) is 5.14. The molecule has 1 aliphatic heterocycles. The van der Waals surface area contributed by atoms with Crippen LogP contribution in [0.3, 0.4) is 0 Å². The van der Waals surface area contributed by atoms with E-state index in [0.717, 1.165) is 5.56 Å². The van der Waals surface area contributed by atoms with Gasteiger partial charge >= 0.3 is 0 Å². The number of halogens is 1. The first-order valence-corrected chi connectivity index (χ1v) is 11.6. The number of nitrogens with one attached hydrogen (secondary N) is 1. The van der Waals surface area contributed by atoms with E-state index in [4.69, 9.17) is 0 Å². The van der Waals surface area contributed by atoms with E-state index in [0.29, 0.717) is 24.4 Å².